The quantitative estimate of drug-likeness (QED) is 0.263. The topological polar surface area (TPSA) is 80.9 Å². The third-order valence-electron chi connectivity index (χ3n) is 6.94. The molecule has 4 N–H and O–H groups in total. The molecule has 0 aliphatic heterocycles. The fourth-order valence-corrected chi connectivity index (χ4v) is 4.67. The van der Waals surface area contributed by atoms with Crippen molar-refractivity contribution in [1.82, 2.24) is 0 Å². The first-order chi connectivity index (χ1) is 15.1. The van der Waals surface area contributed by atoms with Gasteiger partial charge in [-0.1, -0.05) is 24.3 Å². The van der Waals surface area contributed by atoms with Gasteiger partial charge in [-0.3, -0.25) is 0 Å². The Bertz CT molecular complexity index is 1310. The van der Waals surface area contributed by atoms with Crippen molar-refractivity contribution in [3.05, 3.63) is 69.8 Å². The minimum Gasteiger partial charge on any atom is -0.507 e. The van der Waals surface area contributed by atoms with E-state index in [0.717, 1.165) is 33.4 Å². The number of rotatable bonds is 2. The predicted octanol–water partition coefficient (Wildman–Crippen LogP) is 6.85. The van der Waals surface area contributed by atoms with E-state index in [0.29, 0.717) is 33.0 Å². The molecule has 0 radical (unpaired) electrons. The fraction of sp³-hybridized carbons (Fsp3) is 0.214. The molecule has 0 bridgehead atoms. The van der Waals surface area contributed by atoms with Gasteiger partial charge in [-0.15, -0.1) is 0 Å². The molecule has 4 aromatic carbocycles. The number of hydrogen-bond acceptors (Lipinski definition) is 4. The average Bonchev–Trinajstić information content (AvgIpc) is 2.75. The highest BCUT2D eigenvalue weighted by atomic mass is 16.3. The zero-order valence-corrected chi connectivity index (χ0v) is 19.3. The van der Waals surface area contributed by atoms with E-state index in [-0.39, 0.29) is 23.0 Å². The zero-order chi connectivity index (χ0) is 23.5. The van der Waals surface area contributed by atoms with Gasteiger partial charge in [0.25, 0.3) is 0 Å². The summed E-state index contributed by atoms with van der Waals surface area (Å²) in [6.45, 7) is 11.6. The summed E-state index contributed by atoms with van der Waals surface area (Å²) in [5.74, 6) is -0.554. The molecule has 32 heavy (non-hydrogen) atoms. The molecule has 0 aliphatic rings. The lowest BCUT2D eigenvalue weighted by Crippen LogP contribution is -1.97. The van der Waals surface area contributed by atoms with Gasteiger partial charge in [0.05, 0.1) is 0 Å². The van der Waals surface area contributed by atoms with Gasteiger partial charge < -0.3 is 20.4 Å². The van der Waals surface area contributed by atoms with Crippen LogP contribution in [0.3, 0.4) is 0 Å². The first kappa shape index (κ1) is 21.6. The van der Waals surface area contributed by atoms with Crippen LogP contribution in [0.4, 0.5) is 0 Å². The fourth-order valence-electron chi connectivity index (χ4n) is 4.67. The van der Waals surface area contributed by atoms with Crippen LogP contribution in [0.2, 0.25) is 0 Å². The molecule has 0 saturated heterocycles. The van der Waals surface area contributed by atoms with Crippen LogP contribution in [0.1, 0.15) is 33.4 Å². The van der Waals surface area contributed by atoms with Crippen LogP contribution < -0.4 is 0 Å². The summed E-state index contributed by atoms with van der Waals surface area (Å²) in [6, 6.07) is 10.8. The highest BCUT2D eigenvalue weighted by Crippen LogP contribution is 2.54. The number of hydrogen-bond donors (Lipinski definition) is 4. The van der Waals surface area contributed by atoms with Crippen LogP contribution in [0.15, 0.2) is 36.4 Å². The molecule has 4 aromatic rings. The molecule has 0 spiro atoms. The minimum absolute atomic E-state index is 0.0448. The SMILES string of the molecule is Cc1cc(O)c(-c2c(O)c(O)c(-c3c(O)cc(C)c(C)c3C)c3ccccc23)c(C)c1C. The third kappa shape index (κ3) is 2.98. The van der Waals surface area contributed by atoms with Crippen molar-refractivity contribution in [3.8, 4) is 45.3 Å². The van der Waals surface area contributed by atoms with Crippen molar-refractivity contribution in [2.45, 2.75) is 41.5 Å². The van der Waals surface area contributed by atoms with Gasteiger partial charge in [-0.2, -0.15) is 0 Å². The number of phenolic OH excluding ortho intramolecular Hbond substituents is 4. The molecule has 0 heterocycles. The molecular formula is C28H28O4. The predicted molar refractivity (Wildman–Crippen MR) is 130 cm³/mol. The van der Waals surface area contributed by atoms with Gasteiger partial charge in [0.2, 0.25) is 0 Å². The number of phenols is 4. The normalized spacial score (nSPS) is 11.3. The summed E-state index contributed by atoms with van der Waals surface area (Å²) >= 11 is 0. The van der Waals surface area contributed by atoms with Gasteiger partial charge in [0.1, 0.15) is 11.5 Å². The summed E-state index contributed by atoms with van der Waals surface area (Å²) in [6.07, 6.45) is 0. The van der Waals surface area contributed by atoms with Gasteiger partial charge in [-0.05, 0) is 97.8 Å². The van der Waals surface area contributed by atoms with Crippen LogP contribution in [0.25, 0.3) is 33.0 Å². The number of aryl methyl sites for hydroxylation is 2. The van der Waals surface area contributed by atoms with E-state index < -0.39 is 0 Å². The summed E-state index contributed by atoms with van der Waals surface area (Å²) in [7, 11) is 0. The van der Waals surface area contributed by atoms with E-state index >= 15 is 0 Å². The summed E-state index contributed by atoms with van der Waals surface area (Å²) in [4.78, 5) is 0. The van der Waals surface area contributed by atoms with Gasteiger partial charge in [0.15, 0.2) is 11.5 Å². The smallest absolute Gasteiger partial charge is 0.166 e. The van der Waals surface area contributed by atoms with Crippen LogP contribution in [0, 0.1) is 41.5 Å². The lowest BCUT2D eigenvalue weighted by molar-refractivity contribution is 0.406. The Morgan fingerprint density at radius 2 is 0.812 bits per heavy atom. The second kappa shape index (κ2) is 7.49. The average molecular weight is 429 g/mol. The van der Waals surface area contributed by atoms with Crippen molar-refractivity contribution in [2.24, 2.45) is 0 Å². The van der Waals surface area contributed by atoms with Crippen LogP contribution >= 0.6 is 0 Å². The Hall–Kier alpha value is -3.66. The third-order valence-corrected chi connectivity index (χ3v) is 6.94. The van der Waals surface area contributed by atoms with Crippen molar-refractivity contribution in [3.63, 3.8) is 0 Å². The van der Waals surface area contributed by atoms with E-state index in [2.05, 4.69) is 0 Å². The van der Waals surface area contributed by atoms with E-state index in [1.54, 1.807) is 12.1 Å². The molecule has 0 amide bonds. The Labute approximate surface area is 188 Å². The maximum absolute atomic E-state index is 11.3. The zero-order valence-electron chi connectivity index (χ0n) is 19.3. The Morgan fingerprint density at radius 3 is 1.16 bits per heavy atom. The molecule has 0 atom stereocenters. The molecule has 4 rings (SSSR count). The Balaban J connectivity index is 2.21. The molecule has 0 saturated carbocycles. The number of benzene rings is 4. The second-order valence-corrected chi connectivity index (χ2v) is 8.67. The summed E-state index contributed by atoms with van der Waals surface area (Å²) in [5, 5.41) is 45.5. The minimum atomic E-state index is -0.322. The first-order valence-corrected chi connectivity index (χ1v) is 10.6. The Morgan fingerprint density at radius 1 is 0.469 bits per heavy atom. The van der Waals surface area contributed by atoms with Crippen molar-refractivity contribution in [2.75, 3.05) is 0 Å². The maximum atomic E-state index is 11.3. The molecule has 0 fully saturated rings. The maximum Gasteiger partial charge on any atom is 0.166 e. The summed E-state index contributed by atoms with van der Waals surface area (Å²) < 4.78 is 0. The molecule has 4 nitrogen and oxygen atoms in total. The van der Waals surface area contributed by atoms with Crippen molar-refractivity contribution < 1.29 is 20.4 Å². The standard InChI is InChI=1S/C28H28O4/c1-13-11-21(29)23(17(5)15(13)3)25-19-9-7-8-10-20(19)26(28(32)27(25)31)24-18(6)16(4)14(2)12-22(24)30/h7-12,29-32H,1-6H3. The van der Waals surface area contributed by atoms with Crippen LogP contribution in [-0.4, -0.2) is 20.4 Å². The van der Waals surface area contributed by atoms with E-state index in [9.17, 15) is 20.4 Å². The summed E-state index contributed by atoms with van der Waals surface area (Å²) in [5.41, 5.74) is 7.31. The molecule has 0 aliphatic carbocycles. The number of fused-ring (bicyclic) bond motifs is 1. The highest BCUT2D eigenvalue weighted by molar-refractivity contribution is 6.12. The largest absolute Gasteiger partial charge is 0.507 e. The van der Waals surface area contributed by atoms with Gasteiger partial charge in [0, 0.05) is 22.3 Å². The monoisotopic (exact) mass is 428 g/mol. The lowest BCUT2D eigenvalue weighted by Gasteiger charge is -2.22. The van der Waals surface area contributed by atoms with Gasteiger partial charge >= 0.3 is 0 Å². The van der Waals surface area contributed by atoms with Crippen molar-refractivity contribution >= 4 is 10.8 Å². The molecule has 0 unspecified atom stereocenters. The van der Waals surface area contributed by atoms with E-state index in [1.165, 1.54) is 0 Å². The lowest BCUT2D eigenvalue weighted by atomic mass is 9.84. The highest BCUT2D eigenvalue weighted by Gasteiger charge is 2.27. The molecule has 164 valence electrons. The van der Waals surface area contributed by atoms with Crippen LogP contribution in [0.5, 0.6) is 23.0 Å². The molecule has 4 heteroatoms. The first-order valence-electron chi connectivity index (χ1n) is 10.6. The molecule has 0 aromatic heterocycles. The van der Waals surface area contributed by atoms with Crippen LogP contribution in [-0.2, 0) is 0 Å². The van der Waals surface area contributed by atoms with Gasteiger partial charge in [-0.25, -0.2) is 0 Å². The number of aromatic hydroxyl groups is 4. The molecular weight excluding hydrogens is 400 g/mol. The van der Waals surface area contributed by atoms with E-state index in [1.807, 2.05) is 65.8 Å². The van der Waals surface area contributed by atoms with Crippen molar-refractivity contribution in [1.29, 1.82) is 0 Å². The van der Waals surface area contributed by atoms with E-state index in [4.69, 9.17) is 0 Å². The Kier molecular flexibility index (Phi) is 5.04. The second-order valence-electron chi connectivity index (χ2n) is 8.67.